The van der Waals surface area contributed by atoms with E-state index in [0.29, 0.717) is 5.75 Å². The van der Waals surface area contributed by atoms with Crippen molar-refractivity contribution >= 4 is 23.6 Å². The van der Waals surface area contributed by atoms with Gasteiger partial charge in [-0.25, -0.2) is 4.79 Å². The van der Waals surface area contributed by atoms with Crippen molar-refractivity contribution in [2.45, 2.75) is 38.2 Å². The van der Waals surface area contributed by atoms with Crippen LogP contribution in [0.1, 0.15) is 20.8 Å². The number of nitrogens with one attached hydrogen (secondary N) is 1. The van der Waals surface area contributed by atoms with Crippen molar-refractivity contribution in [2.24, 2.45) is 0 Å². The van der Waals surface area contributed by atoms with E-state index in [1.165, 1.54) is 16.7 Å². The van der Waals surface area contributed by atoms with Crippen LogP contribution in [-0.2, 0) is 9.59 Å². The smallest absolute Gasteiger partial charge is 0.327 e. The molecular formula is C10H18N2O3S. The second kappa shape index (κ2) is 5.54. The number of thioether (sulfide) groups is 1. The van der Waals surface area contributed by atoms with Crippen LogP contribution >= 0.6 is 11.8 Å². The van der Waals surface area contributed by atoms with E-state index in [1.54, 1.807) is 0 Å². The van der Waals surface area contributed by atoms with Crippen molar-refractivity contribution in [3.63, 3.8) is 0 Å². The molecule has 0 aromatic rings. The van der Waals surface area contributed by atoms with E-state index in [1.807, 2.05) is 20.8 Å². The van der Waals surface area contributed by atoms with E-state index in [0.717, 1.165) is 0 Å². The summed E-state index contributed by atoms with van der Waals surface area (Å²) in [6, 6.07) is -0.459. The first kappa shape index (κ1) is 13.3. The van der Waals surface area contributed by atoms with Gasteiger partial charge in [0.1, 0.15) is 6.04 Å². The van der Waals surface area contributed by atoms with Gasteiger partial charge in [0.05, 0.1) is 11.9 Å². The molecule has 1 saturated heterocycles. The predicted molar refractivity (Wildman–Crippen MR) is 63.3 cm³/mol. The van der Waals surface area contributed by atoms with Gasteiger partial charge in [0, 0.05) is 11.8 Å². The number of carboxylic acid groups (broad SMARTS) is 1. The van der Waals surface area contributed by atoms with Gasteiger partial charge >= 0.3 is 5.97 Å². The summed E-state index contributed by atoms with van der Waals surface area (Å²) >= 11 is 1.50. The molecular weight excluding hydrogens is 228 g/mol. The molecule has 1 heterocycles. The molecule has 2 atom stereocenters. The minimum absolute atomic E-state index is 0.0532. The maximum Gasteiger partial charge on any atom is 0.327 e. The van der Waals surface area contributed by atoms with Crippen molar-refractivity contribution in [2.75, 3.05) is 12.3 Å². The van der Waals surface area contributed by atoms with Crippen LogP contribution in [0.3, 0.4) is 0 Å². The Kier molecular flexibility index (Phi) is 4.61. The zero-order valence-electron chi connectivity index (χ0n) is 9.77. The molecule has 0 saturated carbocycles. The molecule has 2 unspecified atom stereocenters. The van der Waals surface area contributed by atoms with Gasteiger partial charge in [0.2, 0.25) is 5.91 Å². The van der Waals surface area contributed by atoms with E-state index in [-0.39, 0.29) is 23.9 Å². The summed E-state index contributed by atoms with van der Waals surface area (Å²) in [6.07, 6.45) is 0. The van der Waals surface area contributed by atoms with E-state index in [2.05, 4.69) is 5.32 Å². The molecule has 0 aromatic carbocycles. The van der Waals surface area contributed by atoms with Gasteiger partial charge in [-0.15, -0.1) is 11.8 Å². The Hall–Kier alpha value is -0.750. The number of hydrogen-bond acceptors (Lipinski definition) is 4. The molecule has 1 rings (SSSR count). The molecule has 1 amide bonds. The van der Waals surface area contributed by atoms with E-state index >= 15 is 0 Å². The number of nitrogens with zero attached hydrogens (tertiary/aromatic N) is 1. The minimum Gasteiger partial charge on any atom is -0.480 e. The van der Waals surface area contributed by atoms with Crippen molar-refractivity contribution < 1.29 is 14.7 Å². The summed E-state index contributed by atoms with van der Waals surface area (Å²) in [5, 5.41) is 12.0. The Bertz CT molecular complexity index is 283. The lowest BCUT2D eigenvalue weighted by Crippen LogP contribution is -2.48. The summed E-state index contributed by atoms with van der Waals surface area (Å²) < 4.78 is 0. The Morgan fingerprint density at radius 2 is 2.19 bits per heavy atom. The average molecular weight is 246 g/mol. The van der Waals surface area contributed by atoms with Crippen LogP contribution < -0.4 is 5.32 Å². The third-order valence-corrected chi connectivity index (χ3v) is 3.68. The first-order valence-electron chi connectivity index (χ1n) is 5.32. The molecule has 92 valence electrons. The number of carbonyl (C=O) groups excluding carboxylic acids is 1. The van der Waals surface area contributed by atoms with E-state index < -0.39 is 12.0 Å². The predicted octanol–water partition coefficient (Wildman–Crippen LogP) is 0.359. The van der Waals surface area contributed by atoms with Crippen LogP contribution in [-0.4, -0.2) is 51.6 Å². The van der Waals surface area contributed by atoms with Crippen LogP contribution in [0.2, 0.25) is 0 Å². The van der Waals surface area contributed by atoms with E-state index in [9.17, 15) is 9.59 Å². The van der Waals surface area contributed by atoms with Gasteiger partial charge < -0.3 is 15.3 Å². The van der Waals surface area contributed by atoms with Crippen LogP contribution in [0.5, 0.6) is 0 Å². The third kappa shape index (κ3) is 3.12. The molecule has 1 aliphatic heterocycles. The zero-order valence-corrected chi connectivity index (χ0v) is 10.6. The fourth-order valence-electron chi connectivity index (χ4n) is 1.59. The van der Waals surface area contributed by atoms with Crippen LogP contribution in [0.4, 0.5) is 0 Å². The lowest BCUT2D eigenvalue weighted by atomic mass is 10.2. The lowest BCUT2D eigenvalue weighted by molar-refractivity contribution is -0.148. The summed E-state index contributed by atoms with van der Waals surface area (Å²) in [6.45, 7) is 5.96. The third-order valence-electron chi connectivity index (χ3n) is 2.46. The molecule has 0 aromatic heterocycles. The molecule has 6 heteroatoms. The molecule has 2 N–H and O–H groups in total. The van der Waals surface area contributed by atoms with Crippen molar-refractivity contribution in [3.05, 3.63) is 0 Å². The molecule has 16 heavy (non-hydrogen) atoms. The Labute approximate surface area is 99.6 Å². The summed E-state index contributed by atoms with van der Waals surface area (Å²) in [7, 11) is 0. The minimum atomic E-state index is -0.922. The van der Waals surface area contributed by atoms with E-state index in [4.69, 9.17) is 5.11 Å². The lowest BCUT2D eigenvalue weighted by Gasteiger charge is -2.25. The number of aliphatic carboxylic acids is 1. The zero-order chi connectivity index (χ0) is 12.3. The number of rotatable bonds is 4. The normalized spacial score (nSPS) is 25.1. The fourth-order valence-corrected chi connectivity index (χ4v) is 2.78. The number of hydrogen-bond donors (Lipinski definition) is 2. The second-order valence-corrected chi connectivity index (χ2v) is 5.47. The van der Waals surface area contributed by atoms with Gasteiger partial charge in [-0.3, -0.25) is 4.79 Å². The van der Waals surface area contributed by atoms with Crippen molar-refractivity contribution in [1.82, 2.24) is 10.2 Å². The fraction of sp³-hybridized carbons (Fsp3) is 0.800. The summed E-state index contributed by atoms with van der Waals surface area (Å²) in [4.78, 5) is 24.3. The first-order valence-corrected chi connectivity index (χ1v) is 6.37. The maximum atomic E-state index is 11.9. The highest BCUT2D eigenvalue weighted by Crippen LogP contribution is 2.28. The van der Waals surface area contributed by atoms with Crippen LogP contribution in [0, 0.1) is 0 Å². The van der Waals surface area contributed by atoms with Crippen LogP contribution in [0.25, 0.3) is 0 Å². The topological polar surface area (TPSA) is 69.6 Å². The standard InChI is InChI=1S/C10H18N2O3S/c1-6(2)11-4-9(13)12-7(3)16-5-8(12)10(14)15/h6-8,11H,4-5H2,1-3H3,(H,14,15). The highest BCUT2D eigenvalue weighted by molar-refractivity contribution is 8.00. The molecule has 1 fully saturated rings. The van der Waals surface area contributed by atoms with Crippen molar-refractivity contribution in [3.8, 4) is 0 Å². The van der Waals surface area contributed by atoms with Gasteiger partial charge in [-0.1, -0.05) is 13.8 Å². The largest absolute Gasteiger partial charge is 0.480 e. The number of carboxylic acids is 1. The van der Waals surface area contributed by atoms with Crippen molar-refractivity contribution in [1.29, 1.82) is 0 Å². The SMILES string of the molecule is CC(C)NCC(=O)N1C(C)SCC1C(=O)O. The summed E-state index contributed by atoms with van der Waals surface area (Å²) in [5.74, 6) is -0.586. The van der Waals surface area contributed by atoms with Gasteiger partial charge in [-0.05, 0) is 6.92 Å². The van der Waals surface area contributed by atoms with Gasteiger partial charge in [-0.2, -0.15) is 0 Å². The number of amides is 1. The van der Waals surface area contributed by atoms with Gasteiger partial charge in [0.25, 0.3) is 0 Å². The van der Waals surface area contributed by atoms with Crippen LogP contribution in [0.15, 0.2) is 0 Å². The highest BCUT2D eigenvalue weighted by Gasteiger charge is 2.38. The molecule has 0 spiro atoms. The molecule has 0 bridgehead atoms. The quantitative estimate of drug-likeness (QED) is 0.749. The Morgan fingerprint density at radius 1 is 1.56 bits per heavy atom. The molecule has 5 nitrogen and oxygen atoms in total. The monoisotopic (exact) mass is 246 g/mol. The Balaban J connectivity index is 2.61. The van der Waals surface area contributed by atoms with Gasteiger partial charge in [0.15, 0.2) is 0 Å². The second-order valence-electron chi connectivity index (χ2n) is 4.12. The highest BCUT2D eigenvalue weighted by atomic mass is 32.2. The summed E-state index contributed by atoms with van der Waals surface area (Å²) in [5.41, 5.74) is 0. The maximum absolute atomic E-state index is 11.9. The first-order chi connectivity index (χ1) is 7.43. The average Bonchev–Trinajstić information content (AvgIpc) is 2.56. The molecule has 1 aliphatic rings. The molecule has 0 aliphatic carbocycles. The molecule has 0 radical (unpaired) electrons. The Morgan fingerprint density at radius 3 is 2.69 bits per heavy atom. The number of carbonyl (C=O) groups is 2.